The fraction of sp³-hybridized carbons (Fsp3) is 0.158. The molecule has 0 spiro atoms. The van der Waals surface area contributed by atoms with Gasteiger partial charge in [-0.2, -0.15) is 4.31 Å². The Bertz CT molecular complexity index is 1040. The van der Waals surface area contributed by atoms with Gasteiger partial charge in [-0.1, -0.05) is 60.1 Å². The minimum atomic E-state index is -3.59. The van der Waals surface area contributed by atoms with E-state index in [1.165, 1.54) is 0 Å². The number of nitrogens with zero attached hydrogens (tertiary/aromatic N) is 1. The van der Waals surface area contributed by atoms with Crippen LogP contribution in [-0.4, -0.2) is 25.0 Å². The molecule has 3 aromatic carbocycles. The van der Waals surface area contributed by atoms with E-state index in [0.717, 1.165) is 22.1 Å². The van der Waals surface area contributed by atoms with Gasteiger partial charge in [0.25, 0.3) is 0 Å². The number of rotatable bonds is 3. The van der Waals surface area contributed by atoms with Crippen LogP contribution in [0.5, 0.6) is 0 Å². The minimum Gasteiger partial charge on any atom is -0.207 e. The van der Waals surface area contributed by atoms with Crippen molar-refractivity contribution >= 4 is 44.2 Å². The first-order valence-electron chi connectivity index (χ1n) is 7.94. The monoisotopic (exact) mass is 389 g/mol. The van der Waals surface area contributed by atoms with Crippen molar-refractivity contribution in [2.45, 2.75) is 10.3 Å². The molecule has 6 heteroatoms. The van der Waals surface area contributed by atoms with Crippen molar-refractivity contribution in [2.75, 3.05) is 12.3 Å². The Morgan fingerprint density at radius 1 is 0.960 bits per heavy atom. The molecule has 25 heavy (non-hydrogen) atoms. The average molecular weight is 390 g/mol. The molecule has 1 fully saturated rings. The molecule has 1 aliphatic heterocycles. The third-order valence-corrected chi connectivity index (χ3v) is 7.93. The average Bonchev–Trinajstić information content (AvgIpc) is 3.12. The van der Waals surface area contributed by atoms with Crippen molar-refractivity contribution in [1.82, 2.24) is 4.31 Å². The van der Waals surface area contributed by atoms with Crippen LogP contribution < -0.4 is 0 Å². The van der Waals surface area contributed by atoms with E-state index in [0.29, 0.717) is 16.5 Å². The normalized spacial score (nSPS) is 18.7. The molecule has 3 nitrogen and oxygen atoms in total. The maximum Gasteiger partial charge on any atom is 0.244 e. The Kier molecular flexibility index (Phi) is 4.50. The largest absolute Gasteiger partial charge is 0.244 e. The van der Waals surface area contributed by atoms with Crippen molar-refractivity contribution in [3.05, 3.63) is 77.3 Å². The number of hydrogen-bond donors (Lipinski definition) is 0. The van der Waals surface area contributed by atoms with Gasteiger partial charge in [-0.3, -0.25) is 0 Å². The number of halogens is 1. The SMILES string of the molecule is O=S(=O)(c1ccc2ccccc2c1)N1CCS[C@@H]1c1ccccc1Cl. The summed E-state index contributed by atoms with van der Waals surface area (Å²) in [5.74, 6) is 0.753. The van der Waals surface area contributed by atoms with Crippen LogP contribution in [0.15, 0.2) is 71.6 Å². The predicted molar refractivity (Wildman–Crippen MR) is 104 cm³/mol. The molecule has 128 valence electrons. The third-order valence-electron chi connectivity index (χ3n) is 4.35. The molecule has 1 heterocycles. The smallest absolute Gasteiger partial charge is 0.207 e. The van der Waals surface area contributed by atoms with E-state index < -0.39 is 10.0 Å². The molecule has 0 saturated carbocycles. The van der Waals surface area contributed by atoms with Gasteiger partial charge in [-0.25, -0.2) is 8.42 Å². The second-order valence-electron chi connectivity index (χ2n) is 5.87. The summed E-state index contributed by atoms with van der Waals surface area (Å²) in [6.45, 7) is 0.482. The maximum atomic E-state index is 13.2. The molecule has 0 amide bonds. The summed E-state index contributed by atoms with van der Waals surface area (Å²) in [6, 6.07) is 20.5. The summed E-state index contributed by atoms with van der Waals surface area (Å²) in [5.41, 5.74) is 0.844. The number of thioether (sulfide) groups is 1. The topological polar surface area (TPSA) is 37.4 Å². The molecule has 1 atom stereocenters. The first-order valence-corrected chi connectivity index (χ1v) is 10.8. The van der Waals surface area contributed by atoms with Crippen LogP contribution in [0.3, 0.4) is 0 Å². The van der Waals surface area contributed by atoms with E-state index in [-0.39, 0.29) is 5.37 Å². The van der Waals surface area contributed by atoms with Crippen LogP contribution in [0.2, 0.25) is 5.02 Å². The molecule has 0 bridgehead atoms. The number of fused-ring (bicyclic) bond motifs is 1. The minimum absolute atomic E-state index is 0.287. The highest BCUT2D eigenvalue weighted by molar-refractivity contribution is 8.01. The molecule has 0 aromatic heterocycles. The van der Waals surface area contributed by atoms with Gasteiger partial charge in [0.05, 0.1) is 10.3 Å². The first kappa shape index (κ1) is 16.9. The van der Waals surface area contributed by atoms with Gasteiger partial charge in [0.15, 0.2) is 0 Å². The van der Waals surface area contributed by atoms with Crippen molar-refractivity contribution < 1.29 is 8.42 Å². The second-order valence-corrected chi connectivity index (χ2v) is 9.36. The van der Waals surface area contributed by atoms with Crippen LogP contribution >= 0.6 is 23.4 Å². The zero-order chi connectivity index (χ0) is 17.4. The van der Waals surface area contributed by atoms with E-state index in [4.69, 9.17) is 11.6 Å². The fourth-order valence-corrected chi connectivity index (χ4v) is 6.69. The molecule has 0 unspecified atom stereocenters. The second kappa shape index (κ2) is 6.65. The predicted octanol–water partition coefficient (Wildman–Crippen LogP) is 4.93. The third kappa shape index (κ3) is 3.06. The number of sulfonamides is 1. The quantitative estimate of drug-likeness (QED) is 0.637. The fourth-order valence-electron chi connectivity index (χ4n) is 3.08. The van der Waals surface area contributed by atoms with Gasteiger partial charge in [0.2, 0.25) is 10.0 Å². The van der Waals surface area contributed by atoms with E-state index >= 15 is 0 Å². The molecule has 3 aromatic rings. The van der Waals surface area contributed by atoms with Gasteiger partial charge in [-0.15, -0.1) is 11.8 Å². The van der Waals surface area contributed by atoms with Crippen molar-refractivity contribution in [1.29, 1.82) is 0 Å². The van der Waals surface area contributed by atoms with Crippen LogP contribution in [-0.2, 0) is 10.0 Å². The number of hydrogen-bond acceptors (Lipinski definition) is 3. The van der Waals surface area contributed by atoms with E-state index in [1.807, 2.05) is 48.5 Å². The maximum absolute atomic E-state index is 13.2. The lowest BCUT2D eigenvalue weighted by Crippen LogP contribution is -2.30. The molecular weight excluding hydrogens is 374 g/mol. The van der Waals surface area contributed by atoms with Gasteiger partial charge in [0, 0.05) is 17.3 Å². The van der Waals surface area contributed by atoms with Crippen molar-refractivity contribution in [3.63, 3.8) is 0 Å². The van der Waals surface area contributed by atoms with Crippen LogP contribution in [0, 0.1) is 0 Å². The lowest BCUT2D eigenvalue weighted by Gasteiger charge is -2.24. The van der Waals surface area contributed by atoms with Gasteiger partial charge >= 0.3 is 0 Å². The standard InChI is InChI=1S/C19H16ClNO2S2/c20-18-8-4-3-7-17(18)19-21(11-12-24-19)25(22,23)16-10-9-14-5-1-2-6-15(14)13-16/h1-10,13,19H,11-12H2/t19-/m1/s1. The van der Waals surface area contributed by atoms with Crippen LogP contribution in [0.1, 0.15) is 10.9 Å². The Morgan fingerprint density at radius 3 is 2.48 bits per heavy atom. The molecule has 4 rings (SSSR count). The highest BCUT2D eigenvalue weighted by atomic mass is 35.5. The highest BCUT2D eigenvalue weighted by Crippen LogP contribution is 2.43. The summed E-state index contributed by atoms with van der Waals surface area (Å²) in [6.07, 6.45) is 0. The van der Waals surface area contributed by atoms with Crippen LogP contribution in [0.25, 0.3) is 10.8 Å². The molecule has 1 aliphatic rings. The lowest BCUT2D eigenvalue weighted by atomic mass is 10.1. The van der Waals surface area contributed by atoms with Crippen molar-refractivity contribution in [3.8, 4) is 0 Å². The summed E-state index contributed by atoms with van der Waals surface area (Å²) in [5, 5.41) is 2.26. The molecular formula is C19H16ClNO2S2. The number of benzene rings is 3. The van der Waals surface area contributed by atoms with Gasteiger partial charge in [0.1, 0.15) is 0 Å². The zero-order valence-corrected chi connectivity index (χ0v) is 15.7. The Balaban J connectivity index is 1.76. The Morgan fingerprint density at radius 2 is 1.68 bits per heavy atom. The molecule has 0 aliphatic carbocycles. The van der Waals surface area contributed by atoms with E-state index in [2.05, 4.69) is 0 Å². The van der Waals surface area contributed by atoms with Crippen molar-refractivity contribution in [2.24, 2.45) is 0 Å². The summed E-state index contributed by atoms with van der Waals surface area (Å²) in [7, 11) is -3.59. The Labute approximate surface area is 156 Å². The Hall–Kier alpha value is -1.53. The molecule has 1 saturated heterocycles. The van der Waals surface area contributed by atoms with E-state index in [9.17, 15) is 8.42 Å². The molecule has 0 radical (unpaired) electrons. The summed E-state index contributed by atoms with van der Waals surface area (Å²) < 4.78 is 28.0. The molecule has 0 N–H and O–H groups in total. The summed E-state index contributed by atoms with van der Waals surface area (Å²) >= 11 is 7.91. The summed E-state index contributed by atoms with van der Waals surface area (Å²) in [4.78, 5) is 0.325. The van der Waals surface area contributed by atoms with Gasteiger partial charge in [-0.05, 0) is 34.5 Å². The lowest BCUT2D eigenvalue weighted by molar-refractivity contribution is 0.434. The highest BCUT2D eigenvalue weighted by Gasteiger charge is 2.37. The zero-order valence-electron chi connectivity index (χ0n) is 13.3. The van der Waals surface area contributed by atoms with Crippen LogP contribution in [0.4, 0.5) is 0 Å². The first-order chi connectivity index (χ1) is 12.1. The van der Waals surface area contributed by atoms with E-state index in [1.54, 1.807) is 34.3 Å². The van der Waals surface area contributed by atoms with Gasteiger partial charge < -0.3 is 0 Å².